The molecule has 2 rings (SSSR count). The average Bonchev–Trinajstić information content (AvgIpc) is 2.37. The number of carboxylic acid groups (broad SMARTS) is 1. The molecule has 2 aromatic rings. The van der Waals surface area contributed by atoms with E-state index in [1.54, 1.807) is 30.5 Å². The van der Waals surface area contributed by atoms with Crippen molar-refractivity contribution in [2.24, 2.45) is 0 Å². The lowest BCUT2D eigenvalue weighted by Crippen LogP contribution is -1.99. The molecule has 0 unspecified atom stereocenters. The molecule has 0 bridgehead atoms. The molecule has 0 atom stereocenters. The van der Waals surface area contributed by atoms with Crippen molar-refractivity contribution < 1.29 is 9.90 Å². The molecule has 3 nitrogen and oxygen atoms in total. The largest absolute Gasteiger partial charge is 0.478 e. The molecule has 98 valence electrons. The molecule has 0 aliphatic carbocycles. The molecule has 0 fully saturated rings. The van der Waals surface area contributed by atoms with E-state index >= 15 is 0 Å². The molecule has 0 amide bonds. The van der Waals surface area contributed by atoms with E-state index in [4.69, 9.17) is 16.7 Å². The maximum Gasteiger partial charge on any atom is 0.336 e. The van der Waals surface area contributed by atoms with E-state index in [1.165, 1.54) is 11.8 Å². The molecule has 1 aromatic carbocycles. The van der Waals surface area contributed by atoms with Gasteiger partial charge in [-0.15, -0.1) is 11.8 Å². The third-order valence-corrected chi connectivity index (χ3v) is 4.33. The quantitative estimate of drug-likeness (QED) is 0.646. The SMILES string of the molecule is O=C(O)c1ccc(Br)cc1SCc1cccnc1Cl. The van der Waals surface area contributed by atoms with Gasteiger partial charge in [-0.05, 0) is 29.8 Å². The summed E-state index contributed by atoms with van der Waals surface area (Å²) >= 11 is 10.7. The van der Waals surface area contributed by atoms with Crippen LogP contribution in [-0.2, 0) is 5.75 Å². The molecule has 0 radical (unpaired) electrons. The van der Waals surface area contributed by atoms with E-state index in [2.05, 4.69) is 20.9 Å². The summed E-state index contributed by atoms with van der Waals surface area (Å²) in [6.45, 7) is 0. The number of thioether (sulfide) groups is 1. The smallest absolute Gasteiger partial charge is 0.336 e. The Morgan fingerprint density at radius 3 is 2.89 bits per heavy atom. The van der Waals surface area contributed by atoms with Gasteiger partial charge in [0.1, 0.15) is 5.15 Å². The Balaban J connectivity index is 2.22. The van der Waals surface area contributed by atoms with Gasteiger partial charge in [0.15, 0.2) is 0 Å². The van der Waals surface area contributed by atoms with Gasteiger partial charge in [0, 0.05) is 21.3 Å². The second-order valence-corrected chi connectivity index (χ2v) is 5.98. The first-order valence-electron chi connectivity index (χ1n) is 5.33. The number of aromatic nitrogens is 1. The normalized spacial score (nSPS) is 10.4. The van der Waals surface area contributed by atoms with E-state index in [0.717, 1.165) is 10.0 Å². The number of aromatic carboxylic acids is 1. The Morgan fingerprint density at radius 2 is 2.21 bits per heavy atom. The van der Waals surface area contributed by atoms with Crippen LogP contribution in [0.3, 0.4) is 0 Å². The summed E-state index contributed by atoms with van der Waals surface area (Å²) in [4.78, 5) is 15.8. The predicted octanol–water partition coefficient (Wildman–Crippen LogP) is 4.49. The van der Waals surface area contributed by atoms with Crippen LogP contribution in [0.4, 0.5) is 0 Å². The summed E-state index contributed by atoms with van der Waals surface area (Å²) in [6.07, 6.45) is 1.62. The number of carboxylic acids is 1. The van der Waals surface area contributed by atoms with E-state index in [-0.39, 0.29) is 5.56 Å². The maximum absolute atomic E-state index is 11.1. The van der Waals surface area contributed by atoms with Gasteiger partial charge < -0.3 is 5.11 Å². The van der Waals surface area contributed by atoms with Crippen molar-refractivity contribution in [3.05, 3.63) is 57.3 Å². The number of benzene rings is 1. The summed E-state index contributed by atoms with van der Waals surface area (Å²) in [5.41, 5.74) is 1.17. The number of pyridine rings is 1. The molecular formula is C13H9BrClNO2S. The highest BCUT2D eigenvalue weighted by Gasteiger charge is 2.11. The second-order valence-electron chi connectivity index (χ2n) is 3.69. The first-order valence-corrected chi connectivity index (χ1v) is 7.48. The van der Waals surface area contributed by atoms with Crippen molar-refractivity contribution in [2.75, 3.05) is 0 Å². The average molecular weight is 359 g/mol. The lowest BCUT2D eigenvalue weighted by molar-refractivity contribution is 0.0693. The Kier molecular flexibility index (Phi) is 4.85. The minimum Gasteiger partial charge on any atom is -0.478 e. The van der Waals surface area contributed by atoms with E-state index in [0.29, 0.717) is 15.8 Å². The van der Waals surface area contributed by atoms with Crippen molar-refractivity contribution in [3.63, 3.8) is 0 Å². The highest BCUT2D eigenvalue weighted by atomic mass is 79.9. The maximum atomic E-state index is 11.1. The van der Waals surface area contributed by atoms with Crippen molar-refractivity contribution in [1.82, 2.24) is 4.98 Å². The molecule has 1 N–H and O–H groups in total. The van der Waals surface area contributed by atoms with Crippen LogP contribution in [0.1, 0.15) is 15.9 Å². The highest BCUT2D eigenvalue weighted by Crippen LogP contribution is 2.30. The monoisotopic (exact) mass is 357 g/mol. The summed E-state index contributed by atoms with van der Waals surface area (Å²) < 4.78 is 0.845. The third-order valence-electron chi connectivity index (χ3n) is 2.39. The number of nitrogens with zero attached hydrogens (tertiary/aromatic N) is 1. The summed E-state index contributed by atoms with van der Waals surface area (Å²) in [7, 11) is 0. The fraction of sp³-hybridized carbons (Fsp3) is 0.0769. The molecule has 1 heterocycles. The Labute approximate surface area is 128 Å². The van der Waals surface area contributed by atoms with Gasteiger partial charge in [-0.2, -0.15) is 0 Å². The Morgan fingerprint density at radius 1 is 1.42 bits per heavy atom. The van der Waals surface area contributed by atoms with Gasteiger partial charge >= 0.3 is 5.97 Å². The zero-order valence-electron chi connectivity index (χ0n) is 9.64. The van der Waals surface area contributed by atoms with Crippen LogP contribution in [0.2, 0.25) is 5.15 Å². The fourth-order valence-electron chi connectivity index (χ4n) is 1.47. The Bertz CT molecular complexity index is 621. The standard InChI is InChI=1S/C13H9BrClNO2S/c14-9-3-4-10(13(17)18)11(6-9)19-7-8-2-1-5-16-12(8)15/h1-6H,7H2,(H,17,18). The van der Waals surface area contributed by atoms with Gasteiger partial charge in [0.2, 0.25) is 0 Å². The first-order chi connectivity index (χ1) is 9.08. The molecule has 0 saturated heterocycles. The lowest BCUT2D eigenvalue weighted by atomic mass is 10.2. The van der Waals surface area contributed by atoms with Crippen LogP contribution in [0.25, 0.3) is 0 Å². The molecule has 0 aliphatic rings. The van der Waals surface area contributed by atoms with Gasteiger partial charge in [-0.25, -0.2) is 9.78 Å². The van der Waals surface area contributed by atoms with Crippen LogP contribution in [-0.4, -0.2) is 16.1 Å². The van der Waals surface area contributed by atoms with Gasteiger partial charge in [0.25, 0.3) is 0 Å². The van der Waals surface area contributed by atoms with E-state index in [1.807, 2.05) is 6.07 Å². The van der Waals surface area contributed by atoms with Crippen molar-refractivity contribution in [3.8, 4) is 0 Å². The molecular weight excluding hydrogens is 350 g/mol. The van der Waals surface area contributed by atoms with E-state index in [9.17, 15) is 4.79 Å². The number of carbonyl (C=O) groups is 1. The number of hydrogen-bond acceptors (Lipinski definition) is 3. The van der Waals surface area contributed by atoms with E-state index < -0.39 is 5.97 Å². The van der Waals surface area contributed by atoms with Crippen molar-refractivity contribution in [2.45, 2.75) is 10.6 Å². The number of hydrogen-bond donors (Lipinski definition) is 1. The van der Waals surface area contributed by atoms with Gasteiger partial charge in [-0.1, -0.05) is 33.6 Å². The first kappa shape index (κ1) is 14.4. The van der Waals surface area contributed by atoms with Gasteiger partial charge in [0.05, 0.1) is 5.56 Å². The topological polar surface area (TPSA) is 50.2 Å². The molecule has 19 heavy (non-hydrogen) atoms. The minimum atomic E-state index is -0.938. The lowest BCUT2D eigenvalue weighted by Gasteiger charge is -2.07. The zero-order chi connectivity index (χ0) is 13.8. The highest BCUT2D eigenvalue weighted by molar-refractivity contribution is 9.10. The number of rotatable bonds is 4. The summed E-state index contributed by atoms with van der Waals surface area (Å²) in [5, 5.41) is 9.59. The van der Waals surface area contributed by atoms with Crippen LogP contribution >= 0.6 is 39.3 Å². The molecule has 6 heteroatoms. The van der Waals surface area contributed by atoms with Crippen LogP contribution < -0.4 is 0 Å². The Hall–Kier alpha value is -1.04. The predicted molar refractivity (Wildman–Crippen MR) is 79.9 cm³/mol. The van der Waals surface area contributed by atoms with Crippen LogP contribution in [0, 0.1) is 0 Å². The summed E-state index contributed by atoms with van der Waals surface area (Å²) in [6, 6.07) is 8.77. The van der Waals surface area contributed by atoms with Crippen molar-refractivity contribution >= 4 is 45.3 Å². The third kappa shape index (κ3) is 3.72. The fourth-order valence-corrected chi connectivity index (χ4v) is 3.32. The summed E-state index contributed by atoms with van der Waals surface area (Å²) in [5.74, 6) is -0.365. The molecule has 0 aliphatic heterocycles. The zero-order valence-corrected chi connectivity index (χ0v) is 12.8. The minimum absolute atomic E-state index is 0.285. The number of halogens is 2. The second kappa shape index (κ2) is 6.41. The molecule has 0 spiro atoms. The van der Waals surface area contributed by atoms with Crippen LogP contribution in [0.15, 0.2) is 45.9 Å². The van der Waals surface area contributed by atoms with Gasteiger partial charge in [-0.3, -0.25) is 0 Å². The van der Waals surface area contributed by atoms with Crippen LogP contribution in [0.5, 0.6) is 0 Å². The molecule has 1 aromatic heterocycles. The molecule has 0 saturated carbocycles. The van der Waals surface area contributed by atoms with Crippen molar-refractivity contribution in [1.29, 1.82) is 0 Å².